The largest absolute Gasteiger partial charge is 0.496 e. The Kier molecular flexibility index (Phi) is 40.7. The second-order valence-electron chi connectivity index (χ2n) is 34.5. The van der Waals surface area contributed by atoms with Gasteiger partial charge in [-0.1, -0.05) is 107 Å². The van der Waals surface area contributed by atoms with Gasteiger partial charge >= 0.3 is 0 Å². The Morgan fingerprint density at radius 2 is 0.552 bits per heavy atom. The van der Waals surface area contributed by atoms with Gasteiger partial charge in [-0.15, -0.1) is 0 Å². The van der Waals surface area contributed by atoms with Crippen molar-refractivity contribution in [3.8, 4) is 86.6 Å². The Balaban J connectivity index is 0.000000171. The van der Waals surface area contributed by atoms with Gasteiger partial charge in [-0.3, -0.25) is 24.0 Å². The number of piperidine rings is 1. The van der Waals surface area contributed by atoms with Gasteiger partial charge in [0.15, 0.2) is 86.4 Å². The lowest BCUT2D eigenvalue weighted by atomic mass is 9.91. The van der Waals surface area contributed by atoms with Crippen LogP contribution in [0.4, 0.5) is 28.4 Å². The predicted octanol–water partition coefficient (Wildman–Crippen LogP) is 23.0. The zero-order valence-corrected chi connectivity index (χ0v) is 85.5. The van der Waals surface area contributed by atoms with Crippen LogP contribution in [0.3, 0.4) is 0 Å². The minimum absolute atomic E-state index is 0.00222. The predicted molar refractivity (Wildman–Crippen MR) is 563 cm³/mol. The van der Waals surface area contributed by atoms with Crippen LogP contribution in [0, 0.1) is 11.3 Å². The van der Waals surface area contributed by atoms with Crippen LogP contribution in [0.15, 0.2) is 243 Å². The molecule has 752 valence electrons. The van der Waals surface area contributed by atoms with Crippen molar-refractivity contribution in [3.05, 3.63) is 315 Å². The maximum Gasteiger partial charge on any atom is 0.173 e. The number of nitrogens with one attached hydrogen (secondary N) is 2. The van der Waals surface area contributed by atoms with Crippen molar-refractivity contribution >= 4 is 57.4 Å². The van der Waals surface area contributed by atoms with E-state index in [4.69, 9.17) is 76.3 Å². The third-order valence-corrected chi connectivity index (χ3v) is 26.0. The monoisotopic (exact) mass is 1940 g/mol. The summed E-state index contributed by atoms with van der Waals surface area (Å²) >= 11 is 0. The van der Waals surface area contributed by atoms with E-state index in [0.717, 1.165) is 101 Å². The SMILES string of the molecule is COc1ccc(C(C)C(=O)c2ccc(N3CCCC3)cc2)cc1OC.COc1ccc(C(C)C(=O)c2ccc(N3CCCCC3)cc2OC)cc1OC.COc1ccc(C(C)C(=O)c2ccc(N3CCOCC3)cc2OC)cc1OC.COc1ccc(C(C)C(=O)c2ccc(NCc3ccc(C#N)cc3)cc2OC)cc1OC.COc1ccc(C(C)C(=O)c2ccc(NCc3ccccc3)cc2OC)cc1OC. The molecule has 3 heterocycles. The lowest BCUT2D eigenvalue weighted by Crippen LogP contribution is -2.36. The van der Waals surface area contributed by atoms with Gasteiger partial charge in [0.25, 0.3) is 0 Å². The van der Waals surface area contributed by atoms with Gasteiger partial charge in [-0.05, 0) is 217 Å². The first-order chi connectivity index (χ1) is 69.4. The van der Waals surface area contributed by atoms with Crippen molar-refractivity contribution in [2.45, 2.75) is 109 Å². The fourth-order valence-electron chi connectivity index (χ4n) is 17.2. The highest BCUT2D eigenvalue weighted by atomic mass is 16.5. The quantitative estimate of drug-likeness (QED) is 0.0340. The standard InChI is InChI=1S/C26H26N2O4.C25H27NO4.C23H29NO4.C22H27NO5.C21H25NO3/c1-17(20-9-12-23(30-2)25(13-20)32-4)26(29)22-11-10-21(14-24(22)31-3)28-16-19-7-5-18(15-27)6-8-19;1-17(19-10-13-22(28-2)24(14-19)30-4)25(27)21-12-11-20(15-23(21)29-3)26-16-18-8-6-5-7-9-18;1-16(17-8-11-20(26-2)22(14-17)28-4)23(25)19-10-9-18(15-21(19)27-3)24-12-6-5-7-13-24;1-15(16-5-8-19(25-2)21(13-16)27-4)22(24)18-7-6-17(14-20(18)26-3)23-9-11-28-12-10-23;1-15(17-8-11-19(24-2)20(14-17)25-3)21(23)16-6-9-18(10-7-16)22-12-4-5-13-22/h5-14,17,28H,16H2,1-4H3;5-15,17,26H,16H2,1-4H3;8-11,14-16H,5-7,12-13H2,1-4H3;5-8,13-15H,9-12H2,1-4H3;6-11,14-15H,4-5,12-13H2,1-3H3. The molecule has 0 aliphatic carbocycles. The van der Waals surface area contributed by atoms with Crippen LogP contribution >= 0.6 is 0 Å². The third kappa shape index (κ3) is 28.1. The highest BCUT2D eigenvalue weighted by Gasteiger charge is 2.30. The van der Waals surface area contributed by atoms with Crippen LogP contribution in [-0.2, 0) is 17.8 Å². The molecule has 0 radical (unpaired) electrons. The molecule has 0 amide bonds. The van der Waals surface area contributed by atoms with Crippen molar-refractivity contribution in [2.75, 3.05) is 177 Å². The summed E-state index contributed by atoms with van der Waals surface area (Å²) in [5.41, 5.74) is 15.3. The summed E-state index contributed by atoms with van der Waals surface area (Å²) in [6.07, 6.45) is 6.19. The van der Waals surface area contributed by atoms with Gasteiger partial charge in [-0.2, -0.15) is 5.26 Å². The van der Waals surface area contributed by atoms with E-state index in [9.17, 15) is 24.0 Å². The number of morpholine rings is 1. The van der Waals surface area contributed by atoms with E-state index in [1.165, 1.54) is 43.4 Å². The average molecular weight is 1940 g/mol. The number of benzene rings is 12. The molecule has 0 saturated carbocycles. The summed E-state index contributed by atoms with van der Waals surface area (Å²) in [5.74, 6) is 6.92. The van der Waals surface area contributed by atoms with Crippen LogP contribution in [-0.4, -0.2) is 181 Å². The molecule has 12 aromatic rings. The Hall–Kier alpha value is -15.4. The molecule has 12 aromatic carbocycles. The number of carbonyl (C=O) groups is 5. The lowest BCUT2D eigenvalue weighted by Gasteiger charge is -2.29. The highest BCUT2D eigenvalue weighted by Crippen LogP contribution is 2.42. The summed E-state index contributed by atoms with van der Waals surface area (Å²) in [4.78, 5) is 72.6. The van der Waals surface area contributed by atoms with E-state index < -0.39 is 0 Å². The molecule has 3 fully saturated rings. The average Bonchev–Trinajstić information content (AvgIpc) is 1.08. The van der Waals surface area contributed by atoms with Gasteiger partial charge in [-0.25, -0.2) is 0 Å². The number of nitriles is 1. The molecule has 3 aliphatic rings. The first-order valence-electron chi connectivity index (χ1n) is 47.8. The zero-order chi connectivity index (χ0) is 103. The summed E-state index contributed by atoms with van der Waals surface area (Å²) in [6.45, 7) is 18.1. The molecule has 0 bridgehead atoms. The molecule has 26 heteroatoms. The number of hydrogen-bond acceptors (Lipinski definition) is 26. The van der Waals surface area contributed by atoms with Crippen LogP contribution < -0.4 is 91.6 Å². The van der Waals surface area contributed by atoms with E-state index in [1.807, 2.05) is 229 Å². The summed E-state index contributed by atoms with van der Waals surface area (Å²) in [7, 11) is 22.2. The number of carbonyl (C=O) groups excluding carboxylic acids is 5. The van der Waals surface area contributed by atoms with Crippen LogP contribution in [0.5, 0.6) is 80.5 Å². The topological polar surface area (TPSA) is 281 Å². The normalized spacial score (nSPS) is 13.5. The first kappa shape index (κ1) is 108. The smallest absolute Gasteiger partial charge is 0.173 e. The molecule has 0 spiro atoms. The molecule has 26 nitrogen and oxygen atoms in total. The van der Waals surface area contributed by atoms with Crippen molar-refractivity contribution in [1.82, 2.24) is 0 Å². The molecule has 5 unspecified atom stereocenters. The van der Waals surface area contributed by atoms with Crippen molar-refractivity contribution < 1.29 is 95.0 Å². The molecular formula is C117H134N6O20. The Bertz CT molecular complexity index is 6130. The van der Waals surface area contributed by atoms with Gasteiger partial charge in [0, 0.05) is 140 Å². The maximum absolute atomic E-state index is 13.2. The fraction of sp³-hybridized carbons (Fsp3) is 0.333. The number of ketones is 5. The van der Waals surface area contributed by atoms with E-state index in [1.54, 1.807) is 124 Å². The van der Waals surface area contributed by atoms with Crippen molar-refractivity contribution in [2.24, 2.45) is 0 Å². The Morgan fingerprint density at radius 3 is 0.867 bits per heavy atom. The molecule has 2 N–H and O–H groups in total. The summed E-state index contributed by atoms with van der Waals surface area (Å²) < 4.78 is 80.8. The van der Waals surface area contributed by atoms with Gasteiger partial charge < -0.3 is 96.4 Å². The molecule has 143 heavy (non-hydrogen) atoms. The zero-order valence-electron chi connectivity index (χ0n) is 85.5. The summed E-state index contributed by atoms with van der Waals surface area (Å²) in [6, 6.07) is 78.1. The fourth-order valence-corrected chi connectivity index (χ4v) is 17.2. The Labute approximate surface area is 841 Å². The van der Waals surface area contributed by atoms with E-state index in [0.29, 0.717) is 135 Å². The van der Waals surface area contributed by atoms with Crippen LogP contribution in [0.25, 0.3) is 0 Å². The van der Waals surface area contributed by atoms with Crippen LogP contribution in [0.2, 0.25) is 0 Å². The minimum Gasteiger partial charge on any atom is -0.496 e. The van der Waals surface area contributed by atoms with E-state index in [-0.39, 0.29) is 58.5 Å². The minimum atomic E-state index is -0.388. The molecule has 3 saturated heterocycles. The van der Waals surface area contributed by atoms with Gasteiger partial charge in [0.1, 0.15) is 23.0 Å². The van der Waals surface area contributed by atoms with Crippen molar-refractivity contribution in [3.63, 3.8) is 0 Å². The number of nitrogens with zero attached hydrogens (tertiary/aromatic N) is 4. The van der Waals surface area contributed by atoms with Crippen LogP contribution in [0.1, 0.15) is 193 Å². The van der Waals surface area contributed by atoms with Gasteiger partial charge in [0.05, 0.1) is 147 Å². The van der Waals surface area contributed by atoms with Crippen molar-refractivity contribution in [1.29, 1.82) is 5.26 Å². The maximum atomic E-state index is 13.2. The van der Waals surface area contributed by atoms with E-state index >= 15 is 0 Å². The summed E-state index contributed by atoms with van der Waals surface area (Å²) in [5, 5.41) is 15.6. The number of anilines is 5. The number of hydrogen-bond donors (Lipinski definition) is 2. The molecule has 15 rings (SSSR count). The molecule has 5 atom stereocenters. The van der Waals surface area contributed by atoms with E-state index in [2.05, 4.69) is 55.7 Å². The highest BCUT2D eigenvalue weighted by molar-refractivity contribution is 6.06. The molecule has 3 aliphatic heterocycles. The number of methoxy groups -OCH3 is 14. The van der Waals surface area contributed by atoms with Gasteiger partial charge in [0.2, 0.25) is 0 Å². The molecular weight excluding hydrogens is 1810 g/mol. The molecule has 0 aromatic heterocycles. The number of ether oxygens (including phenoxy) is 15. The second-order valence-corrected chi connectivity index (χ2v) is 34.5. The number of Topliss-reactive ketones (excluding diaryl/α,β-unsaturated/α-hetero) is 5. The number of rotatable bonds is 38. The second kappa shape index (κ2) is 53.9. The lowest BCUT2D eigenvalue weighted by molar-refractivity contribution is 0.0955. The third-order valence-electron chi connectivity index (χ3n) is 26.0. The first-order valence-corrected chi connectivity index (χ1v) is 47.8. The Morgan fingerprint density at radius 1 is 0.280 bits per heavy atom.